The van der Waals surface area contributed by atoms with E-state index in [0.29, 0.717) is 0 Å². The van der Waals surface area contributed by atoms with Gasteiger partial charge in [-0.25, -0.2) is 4.98 Å². The summed E-state index contributed by atoms with van der Waals surface area (Å²) in [5.41, 5.74) is 3.58. The Morgan fingerprint density at radius 3 is 2.83 bits per heavy atom. The van der Waals surface area contributed by atoms with Crippen LogP contribution < -0.4 is 0 Å². The van der Waals surface area contributed by atoms with Crippen molar-refractivity contribution < 1.29 is 0 Å². The topological polar surface area (TPSA) is 17.8 Å². The van der Waals surface area contributed by atoms with Gasteiger partial charge in [0.15, 0.2) is 0 Å². The van der Waals surface area contributed by atoms with E-state index in [1.165, 1.54) is 16.5 Å². The van der Waals surface area contributed by atoms with E-state index in [1.54, 1.807) is 0 Å². The summed E-state index contributed by atoms with van der Waals surface area (Å²) in [6, 6.07) is 12.4. The number of aromatic nitrogens is 2. The molecule has 0 N–H and O–H groups in total. The normalized spacial score (nSPS) is 11.0. The van der Waals surface area contributed by atoms with Crippen LogP contribution in [0.25, 0.3) is 11.0 Å². The standard InChI is InChI=1S/C15H13BrN2/c1-11-9-18(15-13(11)6-4-8-17-15)10-12-5-2-3-7-14(12)16/h2-9H,10H2,1H3. The number of pyridine rings is 1. The van der Waals surface area contributed by atoms with Crippen molar-refractivity contribution in [3.63, 3.8) is 0 Å². The molecule has 1 aromatic carbocycles. The average Bonchev–Trinajstić information content (AvgIpc) is 2.70. The molecule has 18 heavy (non-hydrogen) atoms. The second-order valence-corrected chi connectivity index (χ2v) is 5.26. The molecule has 3 heteroatoms. The Morgan fingerprint density at radius 1 is 1.17 bits per heavy atom. The number of halogens is 1. The lowest BCUT2D eigenvalue weighted by Crippen LogP contribution is -1.99. The smallest absolute Gasteiger partial charge is 0.140 e. The van der Waals surface area contributed by atoms with Gasteiger partial charge in [-0.2, -0.15) is 0 Å². The first-order valence-electron chi connectivity index (χ1n) is 5.89. The summed E-state index contributed by atoms with van der Waals surface area (Å²) in [4.78, 5) is 4.48. The second kappa shape index (κ2) is 4.58. The van der Waals surface area contributed by atoms with Crippen LogP contribution in [0.4, 0.5) is 0 Å². The van der Waals surface area contributed by atoms with Gasteiger partial charge in [0, 0.05) is 22.3 Å². The summed E-state index contributed by atoms with van der Waals surface area (Å²) >= 11 is 3.59. The molecule has 0 fully saturated rings. The minimum atomic E-state index is 0.836. The molecule has 0 saturated carbocycles. The molecule has 2 aromatic heterocycles. The fourth-order valence-corrected chi connectivity index (χ4v) is 2.64. The first-order valence-corrected chi connectivity index (χ1v) is 6.69. The monoisotopic (exact) mass is 300 g/mol. The third-order valence-corrected chi connectivity index (χ3v) is 3.91. The van der Waals surface area contributed by atoms with Crippen LogP contribution in [0.3, 0.4) is 0 Å². The first-order chi connectivity index (χ1) is 8.75. The molecule has 3 rings (SSSR count). The zero-order valence-corrected chi connectivity index (χ0v) is 11.7. The molecule has 0 spiro atoms. The van der Waals surface area contributed by atoms with Crippen LogP contribution in [-0.2, 0) is 6.54 Å². The van der Waals surface area contributed by atoms with Crippen LogP contribution in [0.1, 0.15) is 11.1 Å². The predicted octanol–water partition coefficient (Wildman–Crippen LogP) is 4.16. The molecule has 0 aliphatic carbocycles. The maximum absolute atomic E-state index is 4.48. The summed E-state index contributed by atoms with van der Waals surface area (Å²) in [5.74, 6) is 0. The number of aryl methyl sites for hydroxylation is 1. The van der Waals surface area contributed by atoms with Gasteiger partial charge in [0.2, 0.25) is 0 Å². The van der Waals surface area contributed by atoms with Crippen molar-refractivity contribution in [1.29, 1.82) is 0 Å². The molecular weight excluding hydrogens is 288 g/mol. The lowest BCUT2D eigenvalue weighted by molar-refractivity contribution is 0.819. The Labute approximate surface area is 114 Å². The van der Waals surface area contributed by atoms with Gasteiger partial charge in [0.25, 0.3) is 0 Å². The molecule has 0 atom stereocenters. The van der Waals surface area contributed by atoms with E-state index in [2.05, 4.69) is 62.9 Å². The highest BCUT2D eigenvalue weighted by atomic mass is 79.9. The molecule has 0 radical (unpaired) electrons. The fourth-order valence-electron chi connectivity index (χ4n) is 2.23. The maximum Gasteiger partial charge on any atom is 0.140 e. The van der Waals surface area contributed by atoms with E-state index in [0.717, 1.165) is 16.7 Å². The minimum Gasteiger partial charge on any atom is -0.328 e. The summed E-state index contributed by atoms with van der Waals surface area (Å²) in [6.07, 6.45) is 4.01. The highest BCUT2D eigenvalue weighted by Crippen LogP contribution is 2.22. The predicted molar refractivity (Wildman–Crippen MR) is 77.7 cm³/mol. The van der Waals surface area contributed by atoms with Gasteiger partial charge < -0.3 is 4.57 Å². The van der Waals surface area contributed by atoms with Crippen molar-refractivity contribution in [3.8, 4) is 0 Å². The van der Waals surface area contributed by atoms with Gasteiger partial charge in [0.05, 0.1) is 6.54 Å². The Kier molecular flexibility index (Phi) is 2.92. The van der Waals surface area contributed by atoms with E-state index < -0.39 is 0 Å². The Bertz CT molecular complexity index is 701. The molecule has 2 nitrogen and oxygen atoms in total. The summed E-state index contributed by atoms with van der Waals surface area (Å²) in [6.45, 7) is 2.96. The van der Waals surface area contributed by atoms with E-state index in [1.807, 2.05) is 18.3 Å². The van der Waals surface area contributed by atoms with Crippen molar-refractivity contribution in [1.82, 2.24) is 9.55 Å². The molecule has 2 heterocycles. The molecule has 0 aliphatic rings. The molecule has 0 unspecified atom stereocenters. The summed E-state index contributed by atoms with van der Waals surface area (Å²) < 4.78 is 3.34. The van der Waals surface area contributed by atoms with Crippen molar-refractivity contribution in [3.05, 3.63) is 64.4 Å². The van der Waals surface area contributed by atoms with E-state index in [-0.39, 0.29) is 0 Å². The van der Waals surface area contributed by atoms with E-state index >= 15 is 0 Å². The minimum absolute atomic E-state index is 0.836. The highest BCUT2D eigenvalue weighted by Gasteiger charge is 2.07. The molecule has 0 bridgehead atoms. The average molecular weight is 301 g/mol. The number of benzene rings is 1. The number of rotatable bonds is 2. The molecule has 0 saturated heterocycles. The SMILES string of the molecule is Cc1cn(Cc2ccccc2Br)c2ncccc12. The van der Waals surface area contributed by atoms with Crippen LogP contribution >= 0.6 is 15.9 Å². The first kappa shape index (κ1) is 11.5. The zero-order valence-electron chi connectivity index (χ0n) is 10.1. The zero-order chi connectivity index (χ0) is 12.5. The third kappa shape index (κ3) is 1.95. The van der Waals surface area contributed by atoms with Gasteiger partial charge in [-0.05, 0) is 36.2 Å². The largest absolute Gasteiger partial charge is 0.328 e. The van der Waals surface area contributed by atoms with Crippen molar-refractivity contribution in [2.45, 2.75) is 13.5 Å². The van der Waals surface area contributed by atoms with Crippen molar-refractivity contribution in [2.24, 2.45) is 0 Å². The van der Waals surface area contributed by atoms with Gasteiger partial charge in [-0.3, -0.25) is 0 Å². The third-order valence-electron chi connectivity index (χ3n) is 3.13. The van der Waals surface area contributed by atoms with Crippen molar-refractivity contribution >= 4 is 27.0 Å². The number of hydrogen-bond acceptors (Lipinski definition) is 1. The number of hydrogen-bond donors (Lipinski definition) is 0. The van der Waals surface area contributed by atoms with E-state index in [4.69, 9.17) is 0 Å². The van der Waals surface area contributed by atoms with Crippen LogP contribution in [-0.4, -0.2) is 9.55 Å². The summed E-state index contributed by atoms with van der Waals surface area (Å²) in [7, 11) is 0. The highest BCUT2D eigenvalue weighted by molar-refractivity contribution is 9.10. The van der Waals surface area contributed by atoms with Gasteiger partial charge in [-0.1, -0.05) is 34.1 Å². The van der Waals surface area contributed by atoms with Crippen LogP contribution in [0.5, 0.6) is 0 Å². The fraction of sp³-hybridized carbons (Fsp3) is 0.133. The lowest BCUT2D eigenvalue weighted by Gasteiger charge is -2.06. The van der Waals surface area contributed by atoms with E-state index in [9.17, 15) is 0 Å². The van der Waals surface area contributed by atoms with Crippen LogP contribution in [0.2, 0.25) is 0 Å². The lowest BCUT2D eigenvalue weighted by atomic mass is 10.2. The Morgan fingerprint density at radius 2 is 2.00 bits per heavy atom. The summed E-state index contributed by atoms with van der Waals surface area (Å²) in [5, 5.41) is 1.23. The van der Waals surface area contributed by atoms with Crippen LogP contribution in [0.15, 0.2) is 53.3 Å². The van der Waals surface area contributed by atoms with Gasteiger partial charge >= 0.3 is 0 Å². The quantitative estimate of drug-likeness (QED) is 0.695. The van der Waals surface area contributed by atoms with Crippen LogP contribution in [0, 0.1) is 6.92 Å². The van der Waals surface area contributed by atoms with Gasteiger partial charge in [0.1, 0.15) is 5.65 Å². The number of nitrogens with zero attached hydrogens (tertiary/aromatic N) is 2. The number of fused-ring (bicyclic) bond motifs is 1. The second-order valence-electron chi connectivity index (χ2n) is 4.41. The molecule has 90 valence electrons. The molecule has 3 aromatic rings. The molecular formula is C15H13BrN2. The maximum atomic E-state index is 4.48. The molecule has 0 amide bonds. The Balaban J connectivity index is 2.08. The van der Waals surface area contributed by atoms with Crippen molar-refractivity contribution in [2.75, 3.05) is 0 Å². The molecule has 0 aliphatic heterocycles. The van der Waals surface area contributed by atoms with Gasteiger partial charge in [-0.15, -0.1) is 0 Å². The Hall–Kier alpha value is -1.61.